The molecule has 0 aliphatic heterocycles. The fourth-order valence-corrected chi connectivity index (χ4v) is 1.39. The molecule has 0 saturated heterocycles. The molecule has 0 aromatic heterocycles. The molecule has 138 valence electrons. The Balaban J connectivity index is 2.62. The lowest BCUT2D eigenvalue weighted by Crippen LogP contribution is -2.34. The van der Waals surface area contributed by atoms with Gasteiger partial charge in [0.2, 0.25) is 0 Å². The Hall–Kier alpha value is -2.69. The van der Waals surface area contributed by atoms with Gasteiger partial charge in [-0.2, -0.15) is 5.48 Å². The van der Waals surface area contributed by atoms with Crippen LogP contribution in [0.2, 0.25) is 0 Å². The number of hydrogen-bond acceptors (Lipinski definition) is 6. The molecule has 7 nitrogen and oxygen atoms in total. The lowest BCUT2D eigenvalue weighted by atomic mass is 10.2. The highest BCUT2D eigenvalue weighted by Crippen LogP contribution is 2.20. The Bertz CT molecular complexity index is 675. The van der Waals surface area contributed by atoms with E-state index in [9.17, 15) is 31.9 Å². The second-order valence-electron chi connectivity index (χ2n) is 5.50. The molecule has 1 aromatic carbocycles. The average molecular weight is 367 g/mol. The van der Waals surface area contributed by atoms with Gasteiger partial charge in [0.05, 0.1) is 0 Å². The summed E-state index contributed by atoms with van der Waals surface area (Å²) < 4.78 is 61.4. The molecule has 1 N–H and O–H groups in total. The third-order valence-corrected chi connectivity index (χ3v) is 2.27. The third kappa shape index (κ3) is 6.03. The number of rotatable bonds is 4. The van der Waals surface area contributed by atoms with E-state index < -0.39 is 59.1 Å². The van der Waals surface area contributed by atoms with Crippen LogP contribution in [0.4, 0.5) is 22.4 Å². The maximum Gasteiger partial charge on any atom is 0.431 e. The predicted octanol–water partition coefficient (Wildman–Crippen LogP) is 2.38. The summed E-state index contributed by atoms with van der Waals surface area (Å²) in [4.78, 5) is 38.3. The number of benzene rings is 1. The smallest absolute Gasteiger partial charge is 0.431 e. The molecule has 1 aromatic rings. The highest BCUT2D eigenvalue weighted by molar-refractivity contribution is 5.97. The van der Waals surface area contributed by atoms with Gasteiger partial charge in [0.1, 0.15) is 11.2 Å². The molecule has 0 unspecified atom stereocenters. The maximum atomic E-state index is 13.4. The van der Waals surface area contributed by atoms with E-state index in [1.54, 1.807) is 26.3 Å². The van der Waals surface area contributed by atoms with Crippen LogP contribution in [0.3, 0.4) is 0 Å². The largest absolute Gasteiger partial charge is 0.442 e. The van der Waals surface area contributed by atoms with Crippen molar-refractivity contribution in [3.05, 3.63) is 34.9 Å². The fraction of sp³-hybridized carbons (Fsp3) is 0.357. The fourth-order valence-electron chi connectivity index (χ4n) is 1.39. The molecule has 11 heteroatoms. The number of esters is 2. The summed E-state index contributed by atoms with van der Waals surface area (Å²) in [5.41, 5.74) is -0.881. The van der Waals surface area contributed by atoms with Gasteiger partial charge in [-0.1, -0.05) is 0 Å². The van der Waals surface area contributed by atoms with Crippen molar-refractivity contribution in [1.29, 1.82) is 0 Å². The first-order valence-corrected chi connectivity index (χ1v) is 6.61. The zero-order valence-corrected chi connectivity index (χ0v) is 13.2. The van der Waals surface area contributed by atoms with E-state index in [0.717, 1.165) is 0 Å². The van der Waals surface area contributed by atoms with Crippen molar-refractivity contribution in [1.82, 2.24) is 5.48 Å². The molecule has 0 bridgehead atoms. The van der Waals surface area contributed by atoms with Crippen molar-refractivity contribution in [3.8, 4) is 0 Å². The van der Waals surface area contributed by atoms with E-state index in [1.165, 1.54) is 0 Å². The number of halogens is 4. The summed E-state index contributed by atoms with van der Waals surface area (Å²) in [7, 11) is 0. The van der Waals surface area contributed by atoms with Crippen LogP contribution in [0.25, 0.3) is 0 Å². The molecule has 0 saturated carbocycles. The van der Waals surface area contributed by atoms with Crippen molar-refractivity contribution >= 4 is 18.0 Å². The summed E-state index contributed by atoms with van der Waals surface area (Å²) in [6, 6.07) is -0.114. The second-order valence-corrected chi connectivity index (χ2v) is 5.50. The van der Waals surface area contributed by atoms with Crippen molar-refractivity contribution in [2.75, 3.05) is 6.61 Å². The highest BCUT2D eigenvalue weighted by Gasteiger charge is 2.27. The standard InChI is InChI=1S/C14H13F4NO6/c1-14(2,3)25-13(22)19-23-5-8(20)24-12(21)9-10(17)6(15)4-7(16)11(9)18/h4H,5H2,1-3H3,(H,19,22). The molecule has 0 fully saturated rings. The van der Waals surface area contributed by atoms with Gasteiger partial charge in [-0.15, -0.1) is 0 Å². The molecule has 0 atom stereocenters. The monoisotopic (exact) mass is 367 g/mol. The molecular formula is C14H13F4NO6. The van der Waals surface area contributed by atoms with Crippen LogP contribution in [0.5, 0.6) is 0 Å². The topological polar surface area (TPSA) is 90.9 Å². The van der Waals surface area contributed by atoms with E-state index >= 15 is 0 Å². The number of carbonyl (C=O) groups excluding carboxylic acids is 3. The van der Waals surface area contributed by atoms with Crippen molar-refractivity contribution in [3.63, 3.8) is 0 Å². The van der Waals surface area contributed by atoms with Crippen LogP contribution in [0, 0.1) is 23.3 Å². The summed E-state index contributed by atoms with van der Waals surface area (Å²) in [5, 5.41) is 0. The van der Waals surface area contributed by atoms with Crippen molar-refractivity contribution in [2.45, 2.75) is 26.4 Å². The van der Waals surface area contributed by atoms with E-state index in [2.05, 4.69) is 9.57 Å². The van der Waals surface area contributed by atoms with E-state index in [0.29, 0.717) is 0 Å². The molecular weight excluding hydrogens is 354 g/mol. The van der Waals surface area contributed by atoms with E-state index in [4.69, 9.17) is 4.74 Å². The summed E-state index contributed by atoms with van der Waals surface area (Å²) in [6.07, 6.45) is -1.06. The highest BCUT2D eigenvalue weighted by atomic mass is 19.2. The van der Waals surface area contributed by atoms with Crippen molar-refractivity contribution in [2.24, 2.45) is 0 Å². The van der Waals surface area contributed by atoms with Gasteiger partial charge in [0.15, 0.2) is 29.9 Å². The number of nitrogens with one attached hydrogen (secondary N) is 1. The Labute approximate surface area is 138 Å². The van der Waals surface area contributed by atoms with Gasteiger partial charge in [-0.05, 0) is 20.8 Å². The SMILES string of the molecule is CC(C)(C)OC(=O)NOCC(=O)OC(=O)c1c(F)c(F)cc(F)c1F. The maximum absolute atomic E-state index is 13.4. The number of amides is 1. The Morgan fingerprint density at radius 1 is 1.04 bits per heavy atom. The third-order valence-electron chi connectivity index (χ3n) is 2.27. The zero-order valence-electron chi connectivity index (χ0n) is 13.2. The molecule has 0 radical (unpaired) electrons. The van der Waals surface area contributed by atoms with Gasteiger partial charge in [-0.3, -0.25) is 4.84 Å². The number of carbonyl (C=O) groups is 3. The molecule has 0 spiro atoms. The normalized spacial score (nSPS) is 11.0. The van der Waals surface area contributed by atoms with Crippen LogP contribution >= 0.6 is 0 Å². The van der Waals surface area contributed by atoms with Crippen LogP contribution in [0.1, 0.15) is 31.1 Å². The Morgan fingerprint density at radius 2 is 1.56 bits per heavy atom. The Kier molecular flexibility index (Phi) is 6.45. The quantitative estimate of drug-likeness (QED) is 0.289. The van der Waals surface area contributed by atoms with E-state index in [-0.39, 0.29) is 6.07 Å². The summed E-state index contributed by atoms with van der Waals surface area (Å²) in [6.45, 7) is 3.62. The van der Waals surface area contributed by atoms with Crippen LogP contribution in [-0.2, 0) is 19.1 Å². The zero-order chi connectivity index (χ0) is 19.4. The van der Waals surface area contributed by atoms with Crippen molar-refractivity contribution < 1.29 is 46.3 Å². The van der Waals surface area contributed by atoms with Gasteiger partial charge in [0.25, 0.3) is 0 Å². The first-order chi connectivity index (χ1) is 11.4. The predicted molar refractivity (Wildman–Crippen MR) is 72.0 cm³/mol. The van der Waals surface area contributed by atoms with Gasteiger partial charge < -0.3 is 9.47 Å². The first-order valence-electron chi connectivity index (χ1n) is 6.61. The molecule has 1 rings (SSSR count). The van der Waals surface area contributed by atoms with E-state index in [1.807, 2.05) is 0 Å². The lowest BCUT2D eigenvalue weighted by molar-refractivity contribution is -0.145. The molecule has 1 amide bonds. The molecule has 25 heavy (non-hydrogen) atoms. The van der Waals surface area contributed by atoms with Gasteiger partial charge in [0, 0.05) is 6.07 Å². The van der Waals surface area contributed by atoms with Gasteiger partial charge in [-0.25, -0.2) is 31.9 Å². The minimum Gasteiger partial charge on any atom is -0.442 e. The lowest BCUT2D eigenvalue weighted by Gasteiger charge is -2.19. The summed E-state index contributed by atoms with van der Waals surface area (Å²) in [5.74, 6) is -11.2. The minimum absolute atomic E-state index is 0.114. The second kappa shape index (κ2) is 7.92. The Morgan fingerprint density at radius 3 is 2.04 bits per heavy atom. The number of hydroxylamine groups is 1. The molecule has 0 aliphatic carbocycles. The molecule has 0 aliphatic rings. The number of hydrogen-bond donors (Lipinski definition) is 1. The first kappa shape index (κ1) is 20.4. The molecule has 0 heterocycles. The minimum atomic E-state index is -2.02. The van der Waals surface area contributed by atoms with Gasteiger partial charge >= 0.3 is 18.0 Å². The van der Waals surface area contributed by atoms with Crippen LogP contribution in [-0.4, -0.2) is 30.2 Å². The average Bonchev–Trinajstić information content (AvgIpc) is 2.43. The number of ether oxygens (including phenoxy) is 2. The van der Waals surface area contributed by atoms with Crippen LogP contribution < -0.4 is 5.48 Å². The summed E-state index contributed by atoms with van der Waals surface area (Å²) >= 11 is 0. The van der Waals surface area contributed by atoms with Crippen LogP contribution in [0.15, 0.2) is 6.07 Å².